The van der Waals surface area contributed by atoms with Crippen molar-refractivity contribution in [2.24, 2.45) is 5.92 Å². The first-order valence-corrected chi connectivity index (χ1v) is 7.12. The zero-order valence-electron chi connectivity index (χ0n) is 9.56. The van der Waals surface area contributed by atoms with Crippen LogP contribution in [0.2, 0.25) is 0 Å². The molecule has 5 heteroatoms. The average molecular weight is 249 g/mol. The van der Waals surface area contributed by atoms with E-state index in [9.17, 15) is 4.79 Å². The summed E-state index contributed by atoms with van der Waals surface area (Å²) < 4.78 is 1.81. The van der Waals surface area contributed by atoms with Gasteiger partial charge in [-0.2, -0.15) is 11.8 Å². The van der Waals surface area contributed by atoms with E-state index in [4.69, 9.17) is 0 Å². The van der Waals surface area contributed by atoms with E-state index in [1.54, 1.807) is 18.3 Å². The number of aromatic amines is 1. The van der Waals surface area contributed by atoms with E-state index in [0.717, 1.165) is 23.8 Å². The molecule has 4 nitrogen and oxygen atoms in total. The molecule has 1 saturated heterocycles. The largest absolute Gasteiger partial charge is 0.290 e. The maximum atomic E-state index is 11.2. The third kappa shape index (κ3) is 2.39. The van der Waals surface area contributed by atoms with Crippen LogP contribution in [0.15, 0.2) is 23.1 Å². The number of rotatable bonds is 2. The van der Waals surface area contributed by atoms with Crippen molar-refractivity contribution < 1.29 is 0 Å². The van der Waals surface area contributed by atoms with Gasteiger partial charge in [-0.3, -0.25) is 9.89 Å². The highest BCUT2D eigenvalue weighted by molar-refractivity contribution is 7.99. The van der Waals surface area contributed by atoms with Crippen molar-refractivity contribution in [1.82, 2.24) is 14.6 Å². The molecule has 0 bridgehead atoms. The summed E-state index contributed by atoms with van der Waals surface area (Å²) in [5, 5.41) is 3.23. The second kappa shape index (κ2) is 4.56. The lowest BCUT2D eigenvalue weighted by atomic mass is 9.99. The van der Waals surface area contributed by atoms with Crippen molar-refractivity contribution in [3.8, 4) is 0 Å². The molecule has 1 fully saturated rings. The van der Waals surface area contributed by atoms with Crippen LogP contribution in [-0.4, -0.2) is 26.1 Å². The van der Waals surface area contributed by atoms with Crippen molar-refractivity contribution in [3.63, 3.8) is 0 Å². The number of aromatic nitrogens is 3. The zero-order valence-corrected chi connectivity index (χ0v) is 10.4. The first-order valence-electron chi connectivity index (χ1n) is 5.96. The number of pyridine rings is 1. The molecule has 90 valence electrons. The number of H-pyrrole nitrogens is 1. The molecule has 0 aliphatic carbocycles. The summed E-state index contributed by atoms with van der Waals surface area (Å²) >= 11 is 2.04. The predicted octanol–water partition coefficient (Wildman–Crippen LogP) is 1.71. The maximum Gasteiger partial charge on any atom is 0.183 e. The Bertz CT molecular complexity index is 568. The molecule has 3 rings (SSSR count). The highest BCUT2D eigenvalue weighted by Crippen LogP contribution is 2.24. The van der Waals surface area contributed by atoms with Crippen molar-refractivity contribution in [1.29, 1.82) is 0 Å². The van der Waals surface area contributed by atoms with Crippen LogP contribution in [-0.2, 0) is 6.42 Å². The van der Waals surface area contributed by atoms with Gasteiger partial charge in [0, 0.05) is 24.8 Å². The number of nitrogens with zero attached hydrogens (tertiary/aromatic N) is 2. The fraction of sp³-hybridized carbons (Fsp3) is 0.500. The lowest BCUT2D eigenvalue weighted by Crippen LogP contribution is -2.13. The van der Waals surface area contributed by atoms with Gasteiger partial charge in [0.1, 0.15) is 5.82 Å². The number of nitrogens with one attached hydrogen (secondary N) is 1. The van der Waals surface area contributed by atoms with Crippen molar-refractivity contribution in [2.75, 3.05) is 11.5 Å². The molecule has 0 saturated carbocycles. The van der Waals surface area contributed by atoms with Gasteiger partial charge in [0.05, 0.1) is 0 Å². The summed E-state index contributed by atoms with van der Waals surface area (Å²) in [7, 11) is 0. The maximum absolute atomic E-state index is 11.2. The van der Waals surface area contributed by atoms with Gasteiger partial charge in [-0.15, -0.1) is 0 Å². The minimum Gasteiger partial charge on any atom is -0.290 e. The fourth-order valence-corrected chi connectivity index (χ4v) is 3.47. The lowest BCUT2D eigenvalue weighted by Gasteiger charge is -2.19. The summed E-state index contributed by atoms with van der Waals surface area (Å²) in [5.41, 5.74) is 0.731. The van der Waals surface area contributed by atoms with E-state index in [2.05, 4.69) is 10.1 Å². The van der Waals surface area contributed by atoms with E-state index >= 15 is 0 Å². The number of hydrogen-bond donors (Lipinski definition) is 1. The lowest BCUT2D eigenvalue weighted by molar-refractivity contribution is 0.476. The molecular formula is C12H15N3OS. The molecule has 0 atom stereocenters. The summed E-state index contributed by atoms with van der Waals surface area (Å²) in [6, 6.07) is 3.11. The Morgan fingerprint density at radius 3 is 3.12 bits per heavy atom. The fourth-order valence-electron chi connectivity index (χ4n) is 2.27. The van der Waals surface area contributed by atoms with Crippen molar-refractivity contribution >= 4 is 17.4 Å². The highest BCUT2D eigenvalue weighted by atomic mass is 32.2. The van der Waals surface area contributed by atoms with Crippen LogP contribution in [0.1, 0.15) is 18.7 Å². The van der Waals surface area contributed by atoms with Crippen LogP contribution in [0.4, 0.5) is 0 Å². The van der Waals surface area contributed by atoms with E-state index in [0.29, 0.717) is 0 Å². The van der Waals surface area contributed by atoms with E-state index in [1.165, 1.54) is 24.3 Å². The average Bonchev–Trinajstić information content (AvgIpc) is 2.71. The first kappa shape index (κ1) is 10.9. The SMILES string of the molecule is O=c1ccn2[nH]c(CC3CCSCC3)nc2c1. The monoisotopic (exact) mass is 249 g/mol. The van der Waals surface area contributed by atoms with Gasteiger partial charge in [0.15, 0.2) is 11.1 Å². The van der Waals surface area contributed by atoms with Crippen LogP contribution in [0.3, 0.4) is 0 Å². The molecule has 1 aliphatic rings. The van der Waals surface area contributed by atoms with Gasteiger partial charge in [0.2, 0.25) is 0 Å². The van der Waals surface area contributed by atoms with Crippen LogP contribution in [0.25, 0.3) is 5.65 Å². The molecule has 2 aromatic heterocycles. The normalized spacial score (nSPS) is 17.6. The molecule has 1 N–H and O–H groups in total. The molecule has 3 heterocycles. The number of fused-ring (bicyclic) bond motifs is 1. The molecule has 2 aromatic rings. The quantitative estimate of drug-likeness (QED) is 0.881. The molecule has 1 aliphatic heterocycles. The first-order chi connectivity index (χ1) is 8.31. The van der Waals surface area contributed by atoms with Crippen molar-refractivity contribution in [3.05, 3.63) is 34.4 Å². The summed E-state index contributed by atoms with van der Waals surface area (Å²) in [6.07, 6.45) is 5.29. The summed E-state index contributed by atoms with van der Waals surface area (Å²) in [4.78, 5) is 15.7. The molecule has 0 aromatic carbocycles. The van der Waals surface area contributed by atoms with Crippen LogP contribution < -0.4 is 5.43 Å². The standard InChI is InChI=1S/C12H15N3OS/c16-10-1-4-15-12(8-10)13-11(14-15)7-9-2-5-17-6-3-9/h1,4,8-9H,2-3,5-7H2,(H,13,14). The summed E-state index contributed by atoms with van der Waals surface area (Å²) in [6.45, 7) is 0. The van der Waals surface area contributed by atoms with E-state index in [1.807, 2.05) is 16.3 Å². The van der Waals surface area contributed by atoms with Crippen LogP contribution >= 0.6 is 11.8 Å². The number of hydrogen-bond acceptors (Lipinski definition) is 3. The molecule has 17 heavy (non-hydrogen) atoms. The Hall–Kier alpha value is -1.23. The Kier molecular flexibility index (Phi) is 2.93. The van der Waals surface area contributed by atoms with Crippen LogP contribution in [0, 0.1) is 5.92 Å². The smallest absolute Gasteiger partial charge is 0.183 e. The molecule has 0 unspecified atom stereocenters. The second-order valence-electron chi connectivity index (χ2n) is 4.52. The third-order valence-electron chi connectivity index (χ3n) is 3.23. The van der Waals surface area contributed by atoms with Gasteiger partial charge in [0.25, 0.3) is 0 Å². The number of thioether (sulfide) groups is 1. The van der Waals surface area contributed by atoms with Gasteiger partial charge < -0.3 is 0 Å². The van der Waals surface area contributed by atoms with E-state index < -0.39 is 0 Å². The van der Waals surface area contributed by atoms with Crippen LogP contribution in [0.5, 0.6) is 0 Å². The second-order valence-corrected chi connectivity index (χ2v) is 5.75. The van der Waals surface area contributed by atoms with Gasteiger partial charge in [-0.25, -0.2) is 9.50 Å². The molecular weight excluding hydrogens is 234 g/mol. The topological polar surface area (TPSA) is 50.2 Å². The van der Waals surface area contributed by atoms with Gasteiger partial charge in [-0.05, 0) is 30.3 Å². The Balaban J connectivity index is 1.82. The minimum absolute atomic E-state index is 0.0112. The molecule has 0 radical (unpaired) electrons. The van der Waals surface area contributed by atoms with Gasteiger partial charge in [-0.1, -0.05) is 0 Å². The third-order valence-corrected chi connectivity index (χ3v) is 4.28. The zero-order chi connectivity index (χ0) is 11.7. The Labute approximate surface area is 103 Å². The van der Waals surface area contributed by atoms with Crippen molar-refractivity contribution in [2.45, 2.75) is 19.3 Å². The Morgan fingerprint density at radius 2 is 2.29 bits per heavy atom. The summed E-state index contributed by atoms with van der Waals surface area (Å²) in [5.74, 6) is 4.27. The minimum atomic E-state index is 0.0112. The molecule has 0 spiro atoms. The highest BCUT2D eigenvalue weighted by Gasteiger charge is 2.15. The predicted molar refractivity (Wildman–Crippen MR) is 69.6 cm³/mol. The Morgan fingerprint density at radius 1 is 1.47 bits per heavy atom. The van der Waals surface area contributed by atoms with E-state index in [-0.39, 0.29) is 5.43 Å². The van der Waals surface area contributed by atoms with Gasteiger partial charge >= 0.3 is 0 Å². The molecule has 0 amide bonds.